The van der Waals surface area contributed by atoms with Crippen molar-refractivity contribution in [1.29, 1.82) is 0 Å². The van der Waals surface area contributed by atoms with Gasteiger partial charge in [-0.3, -0.25) is 4.79 Å². The van der Waals surface area contributed by atoms with E-state index in [9.17, 15) is 4.79 Å². The lowest BCUT2D eigenvalue weighted by Gasteiger charge is -2.34. The molecule has 0 radical (unpaired) electrons. The fourth-order valence-electron chi connectivity index (χ4n) is 2.54. The maximum atomic E-state index is 11.2. The number of amides is 1. The zero-order valence-corrected chi connectivity index (χ0v) is 13.8. The van der Waals surface area contributed by atoms with Gasteiger partial charge in [-0.1, -0.05) is 67.3 Å². The normalized spacial score (nSPS) is 14.2. The van der Waals surface area contributed by atoms with E-state index in [0.29, 0.717) is 13.0 Å². The Morgan fingerprint density at radius 3 is 2.57 bits per heavy atom. The first kappa shape index (κ1) is 18.7. The van der Waals surface area contributed by atoms with Crippen LogP contribution in [0.1, 0.15) is 18.9 Å². The number of hydrogen-bond donors (Lipinski definition) is 2. The first-order valence-corrected chi connectivity index (χ1v) is 7.75. The van der Waals surface area contributed by atoms with Gasteiger partial charge in [0, 0.05) is 13.1 Å². The summed E-state index contributed by atoms with van der Waals surface area (Å²) in [5.41, 5.74) is 1.65. The number of allylic oxidation sites excluding steroid dienone is 3. The third-order valence-electron chi connectivity index (χ3n) is 3.62. The molecule has 0 heterocycles. The molecule has 0 saturated heterocycles. The summed E-state index contributed by atoms with van der Waals surface area (Å²) in [6, 6.07) is 10.2. The summed E-state index contributed by atoms with van der Waals surface area (Å²) < 4.78 is 0. The summed E-state index contributed by atoms with van der Waals surface area (Å²) in [5, 5.41) is 6.40. The van der Waals surface area contributed by atoms with Gasteiger partial charge in [0.05, 0.1) is 5.54 Å². The Kier molecular flexibility index (Phi) is 8.40. The molecule has 1 rings (SSSR count). The molecule has 1 aromatic carbocycles. The molecule has 0 bridgehead atoms. The minimum absolute atomic E-state index is 0.543. The second-order valence-electron chi connectivity index (χ2n) is 5.28. The van der Waals surface area contributed by atoms with Gasteiger partial charge in [-0.15, -0.1) is 6.58 Å². The predicted molar refractivity (Wildman–Crippen MR) is 98.0 cm³/mol. The molecule has 1 amide bonds. The second-order valence-corrected chi connectivity index (χ2v) is 5.28. The highest BCUT2D eigenvalue weighted by molar-refractivity contribution is 5.52. The van der Waals surface area contributed by atoms with Crippen LogP contribution in [-0.2, 0) is 11.3 Å². The smallest absolute Gasteiger partial charge is 0.207 e. The molecule has 1 atom stereocenters. The Morgan fingerprint density at radius 2 is 2.00 bits per heavy atom. The molecule has 0 saturated carbocycles. The van der Waals surface area contributed by atoms with Crippen LogP contribution in [0.3, 0.4) is 0 Å². The van der Waals surface area contributed by atoms with Gasteiger partial charge in [-0.2, -0.15) is 0 Å². The highest BCUT2D eigenvalue weighted by Gasteiger charge is 2.30. The van der Waals surface area contributed by atoms with Gasteiger partial charge in [-0.05, 0) is 24.5 Å². The summed E-state index contributed by atoms with van der Waals surface area (Å²) in [6.45, 7) is 10.9. The van der Waals surface area contributed by atoms with Crippen LogP contribution in [0.15, 0.2) is 79.4 Å². The van der Waals surface area contributed by atoms with Gasteiger partial charge in [0.1, 0.15) is 0 Å². The van der Waals surface area contributed by atoms with Crippen molar-refractivity contribution in [1.82, 2.24) is 10.6 Å². The molecular formula is C20H26N2O. The number of hydrogen-bond acceptors (Lipinski definition) is 2. The average Bonchev–Trinajstić information content (AvgIpc) is 2.56. The fourth-order valence-corrected chi connectivity index (χ4v) is 2.54. The van der Waals surface area contributed by atoms with Gasteiger partial charge in [0.2, 0.25) is 6.41 Å². The first-order valence-electron chi connectivity index (χ1n) is 7.75. The summed E-state index contributed by atoms with van der Waals surface area (Å²) >= 11 is 0. The Balaban J connectivity index is 2.97. The molecule has 0 aromatic heterocycles. The molecule has 122 valence electrons. The van der Waals surface area contributed by atoms with Gasteiger partial charge in [0.25, 0.3) is 0 Å². The van der Waals surface area contributed by atoms with Crippen LogP contribution in [0.2, 0.25) is 0 Å². The largest absolute Gasteiger partial charge is 0.348 e. The van der Waals surface area contributed by atoms with Crippen molar-refractivity contribution in [3.8, 4) is 0 Å². The molecule has 1 unspecified atom stereocenters. The third-order valence-corrected chi connectivity index (χ3v) is 3.62. The summed E-state index contributed by atoms with van der Waals surface area (Å²) in [5.74, 6) is 0. The van der Waals surface area contributed by atoms with Crippen molar-refractivity contribution in [2.45, 2.75) is 25.4 Å². The van der Waals surface area contributed by atoms with E-state index < -0.39 is 5.54 Å². The van der Waals surface area contributed by atoms with Crippen LogP contribution in [0.4, 0.5) is 0 Å². The van der Waals surface area contributed by atoms with E-state index >= 15 is 0 Å². The zero-order valence-electron chi connectivity index (χ0n) is 13.8. The van der Waals surface area contributed by atoms with Gasteiger partial charge in [0.15, 0.2) is 0 Å². The average molecular weight is 310 g/mol. The molecule has 0 aliphatic heterocycles. The van der Waals surface area contributed by atoms with E-state index in [1.807, 2.05) is 49.4 Å². The van der Waals surface area contributed by atoms with Crippen LogP contribution in [0.5, 0.6) is 0 Å². The minimum Gasteiger partial charge on any atom is -0.348 e. The monoisotopic (exact) mass is 310 g/mol. The van der Waals surface area contributed by atoms with E-state index in [4.69, 9.17) is 0 Å². The molecule has 0 spiro atoms. The minimum atomic E-state index is -0.543. The van der Waals surface area contributed by atoms with Crippen LogP contribution < -0.4 is 10.6 Å². The van der Waals surface area contributed by atoms with Crippen LogP contribution >= 0.6 is 0 Å². The Morgan fingerprint density at radius 1 is 1.26 bits per heavy atom. The molecule has 3 nitrogen and oxygen atoms in total. The van der Waals surface area contributed by atoms with Crippen molar-refractivity contribution in [2.75, 3.05) is 6.54 Å². The highest BCUT2D eigenvalue weighted by Crippen LogP contribution is 2.23. The number of nitrogens with one attached hydrogen (secondary N) is 2. The quantitative estimate of drug-likeness (QED) is 0.373. The zero-order chi connectivity index (χ0) is 17.0. The van der Waals surface area contributed by atoms with Crippen LogP contribution in [0.25, 0.3) is 0 Å². The summed E-state index contributed by atoms with van der Waals surface area (Å²) in [6.07, 6.45) is 10.8. The van der Waals surface area contributed by atoms with Gasteiger partial charge < -0.3 is 10.6 Å². The van der Waals surface area contributed by atoms with E-state index in [2.05, 4.69) is 35.9 Å². The predicted octanol–water partition coefficient (Wildman–Crippen LogP) is 3.53. The van der Waals surface area contributed by atoms with E-state index in [-0.39, 0.29) is 0 Å². The molecule has 0 aliphatic carbocycles. The molecular weight excluding hydrogens is 284 g/mol. The maximum Gasteiger partial charge on any atom is 0.207 e. The number of carbonyl (C=O) groups excluding carboxylic acids is 1. The van der Waals surface area contributed by atoms with Crippen LogP contribution in [0, 0.1) is 0 Å². The molecule has 1 aromatic rings. The molecule has 2 N–H and O–H groups in total. The van der Waals surface area contributed by atoms with Crippen molar-refractivity contribution in [2.24, 2.45) is 0 Å². The maximum absolute atomic E-state index is 11.2. The highest BCUT2D eigenvalue weighted by atomic mass is 16.1. The lowest BCUT2D eigenvalue weighted by atomic mass is 9.85. The Bertz CT molecular complexity index is 548. The fraction of sp³-hybridized carbons (Fsp3) is 0.250. The van der Waals surface area contributed by atoms with Gasteiger partial charge >= 0.3 is 0 Å². The topological polar surface area (TPSA) is 41.1 Å². The summed E-state index contributed by atoms with van der Waals surface area (Å²) in [4.78, 5) is 11.2. The second kappa shape index (κ2) is 10.4. The molecule has 23 heavy (non-hydrogen) atoms. The SMILES string of the molecule is C=C/C=C(\C=C/C)C(CC=C)(CNCc1ccccc1)NC=O. The van der Waals surface area contributed by atoms with E-state index in [1.165, 1.54) is 5.56 Å². The summed E-state index contributed by atoms with van der Waals surface area (Å²) in [7, 11) is 0. The number of rotatable bonds is 11. The molecule has 3 heteroatoms. The third kappa shape index (κ3) is 5.72. The Labute approximate surface area is 139 Å². The number of carbonyl (C=O) groups is 1. The number of benzene rings is 1. The first-order chi connectivity index (χ1) is 11.2. The molecule has 0 fully saturated rings. The van der Waals surface area contributed by atoms with Crippen LogP contribution in [-0.4, -0.2) is 18.5 Å². The standard InChI is InChI=1S/C20H26N2O/c1-4-10-19(11-5-2)20(14-6-3,22-17-23)16-21-15-18-12-8-7-9-13-18/h4-13,17,21H,1,3,14-16H2,2H3,(H,22,23)/b11-5-,19-10+. The lowest BCUT2D eigenvalue weighted by molar-refractivity contribution is -0.110. The lowest BCUT2D eigenvalue weighted by Crippen LogP contribution is -2.52. The van der Waals surface area contributed by atoms with E-state index in [1.54, 1.807) is 6.08 Å². The Hall–Kier alpha value is -2.39. The van der Waals surface area contributed by atoms with Crippen molar-refractivity contribution in [3.63, 3.8) is 0 Å². The van der Waals surface area contributed by atoms with E-state index in [0.717, 1.165) is 18.5 Å². The van der Waals surface area contributed by atoms with Gasteiger partial charge in [-0.25, -0.2) is 0 Å². The van der Waals surface area contributed by atoms with Crippen molar-refractivity contribution >= 4 is 6.41 Å². The van der Waals surface area contributed by atoms with Crippen molar-refractivity contribution in [3.05, 3.63) is 85.0 Å². The molecule has 0 aliphatic rings. The van der Waals surface area contributed by atoms with Crippen molar-refractivity contribution < 1.29 is 4.79 Å².